The van der Waals surface area contributed by atoms with E-state index in [4.69, 9.17) is 5.11 Å². The van der Waals surface area contributed by atoms with Crippen LogP contribution in [0.25, 0.3) is 0 Å². The summed E-state index contributed by atoms with van der Waals surface area (Å²) >= 11 is 0. The molecule has 1 atom stereocenters. The molecule has 4 nitrogen and oxygen atoms in total. The molecule has 1 amide bonds. The van der Waals surface area contributed by atoms with E-state index in [-0.39, 0.29) is 6.54 Å². The largest absolute Gasteiger partial charge is 0.481 e. The second-order valence-corrected chi connectivity index (χ2v) is 5.89. The first-order chi connectivity index (χ1) is 10.4. The maximum absolute atomic E-state index is 14.1. The number of benzene rings is 1. The molecule has 2 rings (SSSR count). The third-order valence-electron chi connectivity index (χ3n) is 4.43. The summed E-state index contributed by atoms with van der Waals surface area (Å²) in [5, 5.41) is 11.4. The molecule has 0 aromatic heterocycles. The normalized spacial score (nSPS) is 18.0. The Morgan fingerprint density at radius 3 is 2.50 bits per heavy atom. The Morgan fingerprint density at radius 2 is 1.95 bits per heavy atom. The van der Waals surface area contributed by atoms with Gasteiger partial charge in [0.2, 0.25) is 5.91 Å². The van der Waals surface area contributed by atoms with E-state index in [1.165, 1.54) is 19.1 Å². The zero-order chi connectivity index (χ0) is 16.3. The predicted molar refractivity (Wildman–Crippen MR) is 76.3 cm³/mol. The number of carboxylic acid groups (broad SMARTS) is 1. The van der Waals surface area contributed by atoms with Crippen molar-refractivity contribution in [2.24, 2.45) is 5.92 Å². The molecule has 0 bridgehead atoms. The highest BCUT2D eigenvalue weighted by Crippen LogP contribution is 2.41. The van der Waals surface area contributed by atoms with Crippen LogP contribution in [0.1, 0.15) is 38.2 Å². The summed E-state index contributed by atoms with van der Waals surface area (Å²) in [6.07, 6.45) is 3.14. The van der Waals surface area contributed by atoms with E-state index in [0.717, 1.165) is 18.9 Å². The van der Waals surface area contributed by atoms with Crippen LogP contribution in [0.3, 0.4) is 0 Å². The molecule has 1 aliphatic carbocycles. The fourth-order valence-electron chi connectivity index (χ4n) is 3.03. The molecule has 0 aliphatic heterocycles. The van der Waals surface area contributed by atoms with E-state index in [9.17, 15) is 18.4 Å². The topological polar surface area (TPSA) is 66.4 Å². The molecule has 6 heteroatoms. The van der Waals surface area contributed by atoms with Gasteiger partial charge in [0.1, 0.15) is 17.6 Å². The molecule has 0 heterocycles. The smallest absolute Gasteiger partial charge is 0.315 e. The van der Waals surface area contributed by atoms with Crippen molar-refractivity contribution in [3.05, 3.63) is 35.4 Å². The monoisotopic (exact) mass is 311 g/mol. The summed E-state index contributed by atoms with van der Waals surface area (Å²) in [7, 11) is 0. The number of hydrogen-bond donors (Lipinski definition) is 2. The number of carbonyl (C=O) groups is 2. The van der Waals surface area contributed by atoms with Gasteiger partial charge in [-0.2, -0.15) is 0 Å². The third kappa shape index (κ3) is 3.26. The highest BCUT2D eigenvalue weighted by atomic mass is 19.1. The van der Waals surface area contributed by atoms with Crippen molar-refractivity contribution in [2.45, 2.75) is 38.0 Å². The second kappa shape index (κ2) is 6.42. The van der Waals surface area contributed by atoms with Crippen LogP contribution in [-0.4, -0.2) is 23.5 Å². The molecule has 1 aromatic carbocycles. The Balaban J connectivity index is 2.19. The molecule has 0 radical (unpaired) electrons. The van der Waals surface area contributed by atoms with Gasteiger partial charge in [0.25, 0.3) is 0 Å². The summed E-state index contributed by atoms with van der Waals surface area (Å²) in [6, 6.07) is 3.47. The SMILES string of the molecule is CC(C(=O)O)C(=O)NCC1(c2ccc(F)cc2F)CCCC1. The number of aliphatic carboxylic acids is 1. The molecule has 0 saturated heterocycles. The number of carbonyl (C=O) groups excluding carboxylic acids is 1. The second-order valence-electron chi connectivity index (χ2n) is 5.89. The molecule has 0 spiro atoms. The predicted octanol–water partition coefficient (Wildman–Crippen LogP) is 2.61. The lowest BCUT2D eigenvalue weighted by atomic mass is 9.78. The van der Waals surface area contributed by atoms with Gasteiger partial charge < -0.3 is 10.4 Å². The minimum absolute atomic E-state index is 0.159. The first kappa shape index (κ1) is 16.4. The van der Waals surface area contributed by atoms with Crippen LogP contribution < -0.4 is 5.32 Å². The summed E-state index contributed by atoms with van der Waals surface area (Å²) < 4.78 is 27.2. The fraction of sp³-hybridized carbons (Fsp3) is 0.500. The molecule has 1 fully saturated rings. The van der Waals surface area contributed by atoms with E-state index in [2.05, 4.69) is 5.32 Å². The van der Waals surface area contributed by atoms with E-state index < -0.39 is 34.8 Å². The van der Waals surface area contributed by atoms with Crippen molar-refractivity contribution in [1.82, 2.24) is 5.32 Å². The van der Waals surface area contributed by atoms with Gasteiger partial charge in [0.15, 0.2) is 0 Å². The molecular weight excluding hydrogens is 292 g/mol. The van der Waals surface area contributed by atoms with Gasteiger partial charge in [-0.3, -0.25) is 9.59 Å². The molecule has 1 aromatic rings. The molecular formula is C16H19F2NO3. The van der Waals surface area contributed by atoms with Gasteiger partial charge in [-0.25, -0.2) is 8.78 Å². The lowest BCUT2D eigenvalue weighted by Gasteiger charge is -2.30. The quantitative estimate of drug-likeness (QED) is 0.822. The number of hydrogen-bond acceptors (Lipinski definition) is 2. The molecule has 1 aliphatic rings. The first-order valence-electron chi connectivity index (χ1n) is 7.32. The van der Waals surface area contributed by atoms with Gasteiger partial charge in [0, 0.05) is 18.0 Å². The van der Waals surface area contributed by atoms with Crippen molar-refractivity contribution in [3.63, 3.8) is 0 Å². The molecule has 2 N–H and O–H groups in total. The summed E-state index contributed by atoms with van der Waals surface area (Å²) in [5.41, 5.74) is -0.208. The third-order valence-corrected chi connectivity index (χ3v) is 4.43. The van der Waals surface area contributed by atoms with Crippen LogP contribution in [-0.2, 0) is 15.0 Å². The van der Waals surface area contributed by atoms with Crippen LogP contribution >= 0.6 is 0 Å². The molecule has 1 saturated carbocycles. The number of amides is 1. The van der Waals surface area contributed by atoms with E-state index in [1.54, 1.807) is 0 Å². The Bertz CT molecular complexity index is 583. The van der Waals surface area contributed by atoms with Crippen LogP contribution in [0.2, 0.25) is 0 Å². The van der Waals surface area contributed by atoms with Crippen LogP contribution in [0, 0.1) is 17.6 Å². The highest BCUT2D eigenvalue weighted by Gasteiger charge is 2.38. The maximum atomic E-state index is 14.1. The zero-order valence-corrected chi connectivity index (χ0v) is 12.4. The van der Waals surface area contributed by atoms with E-state index in [1.807, 2.05) is 0 Å². The van der Waals surface area contributed by atoms with Gasteiger partial charge in [-0.05, 0) is 31.4 Å². The van der Waals surface area contributed by atoms with Crippen molar-refractivity contribution >= 4 is 11.9 Å². The number of carboxylic acids is 1. The van der Waals surface area contributed by atoms with Gasteiger partial charge in [-0.1, -0.05) is 18.9 Å². The average Bonchev–Trinajstić information content (AvgIpc) is 2.93. The van der Waals surface area contributed by atoms with Crippen molar-refractivity contribution in [3.8, 4) is 0 Å². The van der Waals surface area contributed by atoms with Gasteiger partial charge in [0.05, 0.1) is 0 Å². The molecule has 22 heavy (non-hydrogen) atoms. The average molecular weight is 311 g/mol. The van der Waals surface area contributed by atoms with Gasteiger partial charge in [-0.15, -0.1) is 0 Å². The molecule has 120 valence electrons. The zero-order valence-electron chi connectivity index (χ0n) is 12.4. The minimum Gasteiger partial charge on any atom is -0.481 e. The number of rotatable bonds is 5. The van der Waals surface area contributed by atoms with E-state index in [0.29, 0.717) is 18.4 Å². The minimum atomic E-state index is -1.20. The molecule has 1 unspecified atom stereocenters. The van der Waals surface area contributed by atoms with Crippen LogP contribution in [0.5, 0.6) is 0 Å². The Hall–Kier alpha value is -1.98. The van der Waals surface area contributed by atoms with Gasteiger partial charge >= 0.3 is 5.97 Å². The highest BCUT2D eigenvalue weighted by molar-refractivity contribution is 5.96. The Kier molecular flexibility index (Phi) is 4.78. The number of halogens is 2. The summed E-state index contributed by atoms with van der Waals surface area (Å²) in [5.74, 6) is -4.22. The lowest BCUT2D eigenvalue weighted by molar-refractivity contribution is -0.146. The van der Waals surface area contributed by atoms with Crippen LogP contribution in [0.4, 0.5) is 8.78 Å². The van der Waals surface area contributed by atoms with Crippen molar-refractivity contribution < 1.29 is 23.5 Å². The van der Waals surface area contributed by atoms with Crippen molar-refractivity contribution in [2.75, 3.05) is 6.54 Å². The summed E-state index contributed by atoms with van der Waals surface area (Å²) in [4.78, 5) is 22.6. The Morgan fingerprint density at radius 1 is 1.32 bits per heavy atom. The standard InChI is InChI=1S/C16H19F2NO3/c1-10(15(21)22)14(20)19-9-16(6-2-3-7-16)12-5-4-11(17)8-13(12)18/h4-5,8,10H,2-3,6-7,9H2,1H3,(H,19,20)(H,21,22). The lowest BCUT2D eigenvalue weighted by Crippen LogP contribution is -2.43. The first-order valence-corrected chi connectivity index (χ1v) is 7.32. The van der Waals surface area contributed by atoms with E-state index >= 15 is 0 Å². The van der Waals surface area contributed by atoms with Crippen LogP contribution in [0.15, 0.2) is 18.2 Å². The number of nitrogens with one attached hydrogen (secondary N) is 1. The maximum Gasteiger partial charge on any atom is 0.315 e. The fourth-order valence-corrected chi connectivity index (χ4v) is 3.03. The summed E-state index contributed by atoms with van der Waals surface area (Å²) in [6.45, 7) is 1.46. The Labute approximate surface area is 127 Å². The van der Waals surface area contributed by atoms with Crippen molar-refractivity contribution in [1.29, 1.82) is 0 Å².